The molecule has 0 radical (unpaired) electrons. The molecule has 1 aliphatic rings. The molecule has 22 heavy (non-hydrogen) atoms. The zero-order valence-corrected chi connectivity index (χ0v) is 13.3. The van der Waals surface area contributed by atoms with Crippen molar-refractivity contribution in [2.45, 2.75) is 45.6 Å². The molecule has 0 unspecified atom stereocenters. The van der Waals surface area contributed by atoms with Crippen molar-refractivity contribution in [1.29, 1.82) is 0 Å². The highest BCUT2D eigenvalue weighted by atomic mass is 32.1. The van der Waals surface area contributed by atoms with E-state index in [-0.39, 0.29) is 5.56 Å². The SMILES string of the molecule is Cc1cc(Cn2cnc3sc4c(c3c2=O)CCCCC4)on1. The number of rotatable bonds is 2. The first-order valence-electron chi connectivity index (χ1n) is 7.64. The molecule has 0 aromatic carbocycles. The zero-order chi connectivity index (χ0) is 15.1. The van der Waals surface area contributed by atoms with E-state index in [4.69, 9.17) is 4.52 Å². The Bertz CT molecular complexity index is 891. The summed E-state index contributed by atoms with van der Waals surface area (Å²) in [5.41, 5.74) is 2.10. The quantitative estimate of drug-likeness (QED) is 0.682. The molecule has 0 saturated carbocycles. The van der Waals surface area contributed by atoms with E-state index in [0.717, 1.165) is 35.2 Å². The minimum absolute atomic E-state index is 0.0402. The third kappa shape index (κ3) is 2.27. The number of hydrogen-bond donors (Lipinski definition) is 0. The summed E-state index contributed by atoms with van der Waals surface area (Å²) in [5, 5.41) is 4.69. The second-order valence-electron chi connectivity index (χ2n) is 5.86. The van der Waals surface area contributed by atoms with Gasteiger partial charge in [-0.2, -0.15) is 0 Å². The van der Waals surface area contributed by atoms with Crippen molar-refractivity contribution in [2.75, 3.05) is 0 Å². The van der Waals surface area contributed by atoms with E-state index >= 15 is 0 Å². The molecule has 0 saturated heterocycles. The van der Waals surface area contributed by atoms with Gasteiger partial charge in [-0.3, -0.25) is 9.36 Å². The fourth-order valence-corrected chi connectivity index (χ4v) is 4.35. The maximum absolute atomic E-state index is 12.9. The van der Waals surface area contributed by atoms with Gasteiger partial charge in [0.15, 0.2) is 5.76 Å². The molecule has 1 aliphatic carbocycles. The average Bonchev–Trinajstić information content (AvgIpc) is 2.99. The maximum atomic E-state index is 12.9. The summed E-state index contributed by atoms with van der Waals surface area (Å²) in [5.74, 6) is 0.682. The molecule has 0 bridgehead atoms. The number of fused-ring (bicyclic) bond motifs is 3. The third-order valence-corrected chi connectivity index (χ3v) is 5.39. The molecule has 6 heteroatoms. The van der Waals surface area contributed by atoms with Crippen molar-refractivity contribution in [3.8, 4) is 0 Å². The van der Waals surface area contributed by atoms with Crippen LogP contribution in [0.1, 0.15) is 41.2 Å². The van der Waals surface area contributed by atoms with E-state index in [2.05, 4.69) is 10.1 Å². The Morgan fingerprint density at radius 3 is 3.00 bits per heavy atom. The molecule has 3 aromatic rings. The first-order chi connectivity index (χ1) is 10.7. The van der Waals surface area contributed by atoms with Gasteiger partial charge in [0.2, 0.25) is 0 Å². The molecular weight excluding hydrogens is 298 g/mol. The fourth-order valence-electron chi connectivity index (χ4n) is 3.13. The Morgan fingerprint density at radius 2 is 2.18 bits per heavy atom. The molecule has 4 rings (SSSR count). The molecule has 0 atom stereocenters. The highest BCUT2D eigenvalue weighted by Crippen LogP contribution is 2.32. The lowest BCUT2D eigenvalue weighted by molar-refractivity contribution is 0.371. The van der Waals surface area contributed by atoms with Gasteiger partial charge in [-0.1, -0.05) is 11.6 Å². The average molecular weight is 315 g/mol. The van der Waals surface area contributed by atoms with Crippen molar-refractivity contribution in [3.05, 3.63) is 44.6 Å². The van der Waals surface area contributed by atoms with E-state index in [0.29, 0.717) is 12.3 Å². The zero-order valence-electron chi connectivity index (χ0n) is 12.5. The predicted molar refractivity (Wildman–Crippen MR) is 85.5 cm³/mol. The number of thiophene rings is 1. The number of nitrogens with zero attached hydrogens (tertiary/aromatic N) is 3. The van der Waals surface area contributed by atoms with Gasteiger partial charge in [-0.15, -0.1) is 11.3 Å². The van der Waals surface area contributed by atoms with Crippen LogP contribution in [0.15, 0.2) is 21.7 Å². The van der Waals surface area contributed by atoms with Crippen LogP contribution in [0, 0.1) is 6.92 Å². The van der Waals surface area contributed by atoms with Gasteiger partial charge < -0.3 is 4.52 Å². The first kappa shape index (κ1) is 13.7. The lowest BCUT2D eigenvalue weighted by atomic mass is 10.1. The van der Waals surface area contributed by atoms with Crippen LogP contribution in [0.2, 0.25) is 0 Å². The maximum Gasteiger partial charge on any atom is 0.262 e. The minimum Gasteiger partial charge on any atom is -0.359 e. The summed E-state index contributed by atoms with van der Waals surface area (Å²) in [7, 11) is 0. The topological polar surface area (TPSA) is 60.9 Å². The van der Waals surface area contributed by atoms with Crippen LogP contribution in [-0.2, 0) is 19.4 Å². The lowest BCUT2D eigenvalue weighted by Crippen LogP contribution is -2.21. The van der Waals surface area contributed by atoms with Crippen LogP contribution in [0.25, 0.3) is 10.2 Å². The molecule has 114 valence electrons. The molecule has 0 amide bonds. The van der Waals surface area contributed by atoms with Crippen molar-refractivity contribution < 1.29 is 4.52 Å². The summed E-state index contributed by atoms with van der Waals surface area (Å²) in [6.45, 7) is 2.25. The smallest absolute Gasteiger partial charge is 0.262 e. The number of aryl methyl sites for hydroxylation is 3. The summed E-state index contributed by atoms with van der Waals surface area (Å²) in [4.78, 5) is 19.6. The Hall–Kier alpha value is -1.95. The van der Waals surface area contributed by atoms with Gasteiger partial charge in [0.1, 0.15) is 4.83 Å². The summed E-state index contributed by atoms with van der Waals surface area (Å²) >= 11 is 1.69. The van der Waals surface area contributed by atoms with Gasteiger partial charge in [0.05, 0.1) is 24.0 Å². The van der Waals surface area contributed by atoms with E-state index in [1.165, 1.54) is 23.3 Å². The highest BCUT2D eigenvalue weighted by molar-refractivity contribution is 7.18. The normalized spacial score (nSPS) is 15.0. The van der Waals surface area contributed by atoms with Crippen molar-refractivity contribution in [1.82, 2.24) is 14.7 Å². The standard InChI is InChI=1S/C16H17N3O2S/c1-10-7-11(21-18-10)8-19-9-17-15-14(16(19)20)12-5-3-2-4-6-13(12)22-15/h7,9H,2-6,8H2,1H3. The third-order valence-electron chi connectivity index (χ3n) is 4.19. The van der Waals surface area contributed by atoms with E-state index in [1.54, 1.807) is 22.2 Å². The minimum atomic E-state index is 0.0402. The number of aromatic nitrogens is 3. The predicted octanol–water partition coefficient (Wildman–Crippen LogP) is 3.07. The van der Waals surface area contributed by atoms with Crippen molar-refractivity contribution in [3.63, 3.8) is 0 Å². The summed E-state index contributed by atoms with van der Waals surface area (Å²) < 4.78 is 6.84. The molecule has 0 fully saturated rings. The van der Waals surface area contributed by atoms with Crippen LogP contribution in [-0.4, -0.2) is 14.7 Å². The van der Waals surface area contributed by atoms with E-state index in [9.17, 15) is 4.79 Å². The molecule has 0 spiro atoms. The molecule has 0 N–H and O–H groups in total. The van der Waals surface area contributed by atoms with Crippen LogP contribution in [0.3, 0.4) is 0 Å². The van der Waals surface area contributed by atoms with Crippen molar-refractivity contribution >= 4 is 21.6 Å². The summed E-state index contributed by atoms with van der Waals surface area (Å²) in [6, 6.07) is 1.85. The van der Waals surface area contributed by atoms with Gasteiger partial charge in [0, 0.05) is 10.9 Å². The van der Waals surface area contributed by atoms with E-state index in [1.807, 2.05) is 13.0 Å². The highest BCUT2D eigenvalue weighted by Gasteiger charge is 2.19. The number of hydrogen-bond acceptors (Lipinski definition) is 5. The molecule has 3 heterocycles. The Kier molecular flexibility index (Phi) is 3.33. The first-order valence-corrected chi connectivity index (χ1v) is 8.46. The van der Waals surface area contributed by atoms with Gasteiger partial charge in [0.25, 0.3) is 5.56 Å². The van der Waals surface area contributed by atoms with Crippen LogP contribution >= 0.6 is 11.3 Å². The Balaban J connectivity index is 1.82. The van der Waals surface area contributed by atoms with E-state index < -0.39 is 0 Å². The Morgan fingerprint density at radius 1 is 1.32 bits per heavy atom. The van der Waals surface area contributed by atoms with Gasteiger partial charge >= 0.3 is 0 Å². The van der Waals surface area contributed by atoms with Crippen molar-refractivity contribution in [2.24, 2.45) is 0 Å². The van der Waals surface area contributed by atoms with Crippen LogP contribution in [0.5, 0.6) is 0 Å². The molecule has 5 nitrogen and oxygen atoms in total. The van der Waals surface area contributed by atoms with Crippen LogP contribution < -0.4 is 5.56 Å². The van der Waals surface area contributed by atoms with Crippen LogP contribution in [0.4, 0.5) is 0 Å². The summed E-state index contributed by atoms with van der Waals surface area (Å²) in [6.07, 6.45) is 7.32. The molecular formula is C16H17N3O2S. The van der Waals surface area contributed by atoms with Gasteiger partial charge in [-0.25, -0.2) is 4.98 Å². The Labute approximate surface area is 131 Å². The molecule has 3 aromatic heterocycles. The lowest BCUT2D eigenvalue weighted by Gasteiger charge is -2.03. The fraction of sp³-hybridized carbons (Fsp3) is 0.438. The van der Waals surface area contributed by atoms with Gasteiger partial charge in [-0.05, 0) is 38.2 Å². The largest absolute Gasteiger partial charge is 0.359 e. The monoisotopic (exact) mass is 315 g/mol. The molecule has 0 aliphatic heterocycles. The second-order valence-corrected chi connectivity index (χ2v) is 6.94. The second kappa shape index (κ2) is 5.35.